The number of nitrogens with zero attached hydrogens (tertiary/aromatic N) is 4. The number of halogens is 1. The van der Waals surface area contributed by atoms with Crippen molar-refractivity contribution in [3.63, 3.8) is 0 Å². The minimum Gasteiger partial charge on any atom is -0.464 e. The summed E-state index contributed by atoms with van der Waals surface area (Å²) >= 11 is 5.90. The number of rotatable bonds is 8. The maximum Gasteiger partial charge on any atom is 0.322 e. The van der Waals surface area contributed by atoms with Crippen molar-refractivity contribution in [3.05, 3.63) is 5.28 Å². The third-order valence-corrected chi connectivity index (χ3v) is 2.45. The predicted octanol–water partition coefficient (Wildman–Crippen LogP) is 2.03. The summed E-state index contributed by atoms with van der Waals surface area (Å²) in [5.41, 5.74) is 0. The van der Waals surface area contributed by atoms with Crippen LogP contribution in [0.15, 0.2) is 0 Å². The molecule has 1 aromatic rings. The molecule has 0 atom stereocenters. The smallest absolute Gasteiger partial charge is 0.322 e. The van der Waals surface area contributed by atoms with E-state index in [0.717, 1.165) is 6.54 Å². The zero-order chi connectivity index (χ0) is 14.3. The zero-order valence-corrected chi connectivity index (χ0v) is 12.6. The number of hydrogen-bond acceptors (Lipinski definition) is 6. The summed E-state index contributed by atoms with van der Waals surface area (Å²) in [5.74, 6) is 0.997. The molecule has 0 N–H and O–H groups in total. The van der Waals surface area contributed by atoms with E-state index in [0.29, 0.717) is 31.6 Å². The molecular formula is C12H21ClN4O2. The van der Waals surface area contributed by atoms with E-state index in [4.69, 9.17) is 21.1 Å². The second kappa shape index (κ2) is 8.12. The lowest BCUT2D eigenvalue weighted by Crippen LogP contribution is -2.32. The number of anilines is 1. The SMILES string of the molecule is CCOc1nc(Cl)nc(N(CCOC)CC(C)C)n1. The Hall–Kier alpha value is -1.14. The molecule has 0 aliphatic rings. The molecule has 0 unspecified atom stereocenters. The van der Waals surface area contributed by atoms with E-state index in [-0.39, 0.29) is 11.3 Å². The largest absolute Gasteiger partial charge is 0.464 e. The van der Waals surface area contributed by atoms with Crippen LogP contribution < -0.4 is 9.64 Å². The highest BCUT2D eigenvalue weighted by Crippen LogP contribution is 2.16. The van der Waals surface area contributed by atoms with Gasteiger partial charge in [0.15, 0.2) is 0 Å². The Kier molecular flexibility index (Phi) is 6.80. The third-order valence-electron chi connectivity index (χ3n) is 2.28. The van der Waals surface area contributed by atoms with E-state index >= 15 is 0 Å². The van der Waals surface area contributed by atoms with Gasteiger partial charge < -0.3 is 14.4 Å². The van der Waals surface area contributed by atoms with Crippen LogP contribution in [0.5, 0.6) is 6.01 Å². The highest BCUT2D eigenvalue weighted by molar-refractivity contribution is 6.28. The van der Waals surface area contributed by atoms with Gasteiger partial charge in [0.2, 0.25) is 11.2 Å². The molecule has 0 saturated carbocycles. The van der Waals surface area contributed by atoms with Gasteiger partial charge in [-0.2, -0.15) is 15.0 Å². The molecular weight excluding hydrogens is 268 g/mol. The second-order valence-corrected chi connectivity index (χ2v) is 4.79. The topological polar surface area (TPSA) is 60.4 Å². The van der Waals surface area contributed by atoms with Crippen molar-refractivity contribution in [1.29, 1.82) is 0 Å². The maximum absolute atomic E-state index is 5.90. The number of aromatic nitrogens is 3. The fraction of sp³-hybridized carbons (Fsp3) is 0.750. The Morgan fingerprint density at radius 2 is 2.00 bits per heavy atom. The van der Waals surface area contributed by atoms with E-state index < -0.39 is 0 Å². The average molecular weight is 289 g/mol. The molecule has 1 rings (SSSR count). The summed E-state index contributed by atoms with van der Waals surface area (Å²) in [6.45, 7) is 8.73. The first-order valence-corrected chi connectivity index (χ1v) is 6.72. The summed E-state index contributed by atoms with van der Waals surface area (Å²) in [6.07, 6.45) is 0. The quantitative estimate of drug-likeness (QED) is 0.729. The van der Waals surface area contributed by atoms with Gasteiger partial charge in [-0.3, -0.25) is 0 Å². The van der Waals surface area contributed by atoms with Crippen molar-refractivity contribution in [2.24, 2.45) is 5.92 Å². The molecule has 0 radical (unpaired) electrons. The van der Waals surface area contributed by atoms with Gasteiger partial charge in [0.05, 0.1) is 13.2 Å². The van der Waals surface area contributed by atoms with Crippen LogP contribution in [0.25, 0.3) is 0 Å². The molecule has 0 spiro atoms. The van der Waals surface area contributed by atoms with Crippen molar-refractivity contribution < 1.29 is 9.47 Å². The molecule has 0 bridgehead atoms. The van der Waals surface area contributed by atoms with E-state index in [1.54, 1.807) is 7.11 Å². The van der Waals surface area contributed by atoms with Crippen LogP contribution in [0.4, 0.5) is 5.95 Å². The van der Waals surface area contributed by atoms with Gasteiger partial charge in [-0.25, -0.2) is 0 Å². The predicted molar refractivity (Wildman–Crippen MR) is 74.9 cm³/mol. The summed E-state index contributed by atoms with van der Waals surface area (Å²) in [7, 11) is 1.67. The van der Waals surface area contributed by atoms with Crippen LogP contribution in [0.3, 0.4) is 0 Å². The van der Waals surface area contributed by atoms with Gasteiger partial charge in [0.1, 0.15) is 0 Å². The third kappa shape index (κ3) is 5.57. The summed E-state index contributed by atoms with van der Waals surface area (Å²) in [4.78, 5) is 14.4. The Labute approximate surface area is 119 Å². The normalized spacial score (nSPS) is 10.8. The summed E-state index contributed by atoms with van der Waals surface area (Å²) in [5, 5.41) is 0.139. The molecule has 108 valence electrons. The number of ether oxygens (including phenoxy) is 2. The van der Waals surface area contributed by atoms with Crippen LogP contribution in [0.2, 0.25) is 5.28 Å². The zero-order valence-electron chi connectivity index (χ0n) is 11.9. The Morgan fingerprint density at radius 1 is 1.26 bits per heavy atom. The number of methoxy groups -OCH3 is 1. The van der Waals surface area contributed by atoms with Crippen molar-refractivity contribution in [1.82, 2.24) is 15.0 Å². The lowest BCUT2D eigenvalue weighted by molar-refractivity contribution is 0.204. The van der Waals surface area contributed by atoms with E-state index in [1.807, 2.05) is 11.8 Å². The molecule has 0 aliphatic heterocycles. The fourth-order valence-electron chi connectivity index (χ4n) is 1.57. The molecule has 6 nitrogen and oxygen atoms in total. The van der Waals surface area contributed by atoms with Crippen LogP contribution in [0, 0.1) is 5.92 Å². The van der Waals surface area contributed by atoms with Gasteiger partial charge in [0, 0.05) is 20.2 Å². The molecule has 0 amide bonds. The first-order chi connectivity index (χ1) is 9.06. The molecule has 19 heavy (non-hydrogen) atoms. The van der Waals surface area contributed by atoms with Crippen molar-refractivity contribution in [2.75, 3.05) is 38.3 Å². The minimum absolute atomic E-state index is 0.139. The first-order valence-electron chi connectivity index (χ1n) is 6.35. The fourth-order valence-corrected chi connectivity index (χ4v) is 1.72. The Balaban J connectivity index is 2.92. The lowest BCUT2D eigenvalue weighted by atomic mass is 10.2. The van der Waals surface area contributed by atoms with Crippen molar-refractivity contribution in [3.8, 4) is 6.01 Å². The molecule has 1 heterocycles. The Bertz CT molecular complexity index is 390. The first kappa shape index (κ1) is 15.9. The molecule has 0 aliphatic carbocycles. The van der Waals surface area contributed by atoms with E-state index in [2.05, 4.69) is 28.8 Å². The molecule has 0 fully saturated rings. The van der Waals surface area contributed by atoms with E-state index in [1.165, 1.54) is 0 Å². The van der Waals surface area contributed by atoms with Gasteiger partial charge in [-0.15, -0.1) is 0 Å². The highest BCUT2D eigenvalue weighted by atomic mass is 35.5. The molecule has 0 saturated heterocycles. The van der Waals surface area contributed by atoms with Gasteiger partial charge in [-0.1, -0.05) is 13.8 Å². The minimum atomic E-state index is 0.139. The van der Waals surface area contributed by atoms with Crippen LogP contribution in [-0.4, -0.2) is 48.4 Å². The van der Waals surface area contributed by atoms with Crippen molar-refractivity contribution >= 4 is 17.5 Å². The van der Waals surface area contributed by atoms with Gasteiger partial charge in [0.25, 0.3) is 0 Å². The lowest BCUT2D eigenvalue weighted by Gasteiger charge is -2.24. The molecule has 0 aromatic carbocycles. The van der Waals surface area contributed by atoms with Crippen molar-refractivity contribution in [2.45, 2.75) is 20.8 Å². The van der Waals surface area contributed by atoms with Crippen LogP contribution in [-0.2, 0) is 4.74 Å². The number of hydrogen-bond donors (Lipinski definition) is 0. The highest BCUT2D eigenvalue weighted by Gasteiger charge is 2.14. The molecule has 7 heteroatoms. The van der Waals surface area contributed by atoms with Crippen LogP contribution in [0.1, 0.15) is 20.8 Å². The summed E-state index contributed by atoms with van der Waals surface area (Å²) in [6, 6.07) is 0.253. The maximum atomic E-state index is 5.90. The molecule has 1 aromatic heterocycles. The summed E-state index contributed by atoms with van der Waals surface area (Å²) < 4.78 is 10.4. The standard InChI is InChI=1S/C12H21ClN4O2/c1-5-19-12-15-10(13)14-11(16-12)17(6-7-18-4)8-9(2)3/h9H,5-8H2,1-4H3. The Morgan fingerprint density at radius 3 is 2.58 bits per heavy atom. The van der Waals surface area contributed by atoms with Crippen LogP contribution >= 0.6 is 11.6 Å². The average Bonchev–Trinajstić information content (AvgIpc) is 2.33. The monoisotopic (exact) mass is 288 g/mol. The van der Waals surface area contributed by atoms with Gasteiger partial charge in [-0.05, 0) is 24.4 Å². The van der Waals surface area contributed by atoms with Gasteiger partial charge >= 0.3 is 6.01 Å². The van der Waals surface area contributed by atoms with E-state index in [9.17, 15) is 0 Å². The second-order valence-electron chi connectivity index (χ2n) is 4.45.